The number of nitrogens with zero attached hydrogens (tertiary/aromatic N) is 1. The summed E-state index contributed by atoms with van der Waals surface area (Å²) >= 11 is 3.38. The molecular formula is C13H16BrNO2. The summed E-state index contributed by atoms with van der Waals surface area (Å²) in [6.07, 6.45) is 2.16. The summed E-state index contributed by atoms with van der Waals surface area (Å²) in [5, 5.41) is 0. The molecule has 0 saturated carbocycles. The van der Waals surface area contributed by atoms with E-state index in [0.717, 1.165) is 36.0 Å². The first-order chi connectivity index (χ1) is 8.20. The summed E-state index contributed by atoms with van der Waals surface area (Å²) < 4.78 is 6.24. The Balaban J connectivity index is 2.02. The molecule has 92 valence electrons. The third-order valence-electron chi connectivity index (χ3n) is 3.13. The van der Waals surface area contributed by atoms with Crippen molar-refractivity contribution in [2.45, 2.75) is 18.9 Å². The fourth-order valence-corrected chi connectivity index (χ4v) is 2.50. The van der Waals surface area contributed by atoms with Crippen LogP contribution in [0.3, 0.4) is 0 Å². The fourth-order valence-electron chi connectivity index (χ4n) is 2.10. The van der Waals surface area contributed by atoms with Crippen molar-refractivity contribution >= 4 is 21.8 Å². The van der Waals surface area contributed by atoms with Crippen molar-refractivity contribution in [1.29, 1.82) is 0 Å². The number of amides is 1. The van der Waals surface area contributed by atoms with Gasteiger partial charge < -0.3 is 9.64 Å². The number of likely N-dealkylation sites (tertiary alicyclic amines) is 1. The molecule has 1 aromatic carbocycles. The molecule has 0 aliphatic carbocycles. The second kappa shape index (κ2) is 5.65. The standard InChI is InChI=1S/C13H16BrNO2/c1-17-12-5-7-15(8-6-12)13(16)10-3-2-4-11(14)9-10/h2-4,9,12H,5-8H2,1H3. The summed E-state index contributed by atoms with van der Waals surface area (Å²) in [5.41, 5.74) is 0.746. The number of hydrogen-bond acceptors (Lipinski definition) is 2. The van der Waals surface area contributed by atoms with Crippen molar-refractivity contribution in [2.75, 3.05) is 20.2 Å². The van der Waals surface area contributed by atoms with Gasteiger partial charge >= 0.3 is 0 Å². The van der Waals surface area contributed by atoms with Gasteiger partial charge in [0.15, 0.2) is 0 Å². The largest absolute Gasteiger partial charge is 0.381 e. The summed E-state index contributed by atoms with van der Waals surface area (Å²) in [5.74, 6) is 0.112. The molecule has 1 saturated heterocycles. The highest BCUT2D eigenvalue weighted by molar-refractivity contribution is 9.10. The molecule has 1 aromatic rings. The van der Waals surface area contributed by atoms with Crippen molar-refractivity contribution in [3.8, 4) is 0 Å². The molecule has 0 spiro atoms. The Hall–Kier alpha value is -0.870. The molecule has 0 bridgehead atoms. The maximum atomic E-state index is 12.2. The van der Waals surface area contributed by atoms with Gasteiger partial charge in [0.2, 0.25) is 0 Å². The summed E-state index contributed by atoms with van der Waals surface area (Å²) in [6, 6.07) is 7.54. The highest BCUT2D eigenvalue weighted by Crippen LogP contribution is 2.18. The van der Waals surface area contributed by atoms with E-state index in [2.05, 4.69) is 15.9 Å². The highest BCUT2D eigenvalue weighted by Gasteiger charge is 2.23. The lowest BCUT2D eigenvalue weighted by molar-refractivity contribution is 0.0351. The summed E-state index contributed by atoms with van der Waals surface area (Å²) in [4.78, 5) is 14.1. The van der Waals surface area contributed by atoms with Crippen LogP contribution in [-0.4, -0.2) is 37.1 Å². The summed E-state index contributed by atoms with van der Waals surface area (Å²) in [6.45, 7) is 1.56. The second-order valence-corrected chi connectivity index (χ2v) is 5.15. The van der Waals surface area contributed by atoms with Crippen LogP contribution in [-0.2, 0) is 4.74 Å². The van der Waals surface area contributed by atoms with E-state index in [-0.39, 0.29) is 5.91 Å². The Morgan fingerprint density at radius 3 is 2.71 bits per heavy atom. The van der Waals surface area contributed by atoms with Crippen LogP contribution < -0.4 is 0 Å². The van der Waals surface area contributed by atoms with Gasteiger partial charge in [0.05, 0.1) is 6.10 Å². The van der Waals surface area contributed by atoms with Crippen molar-refractivity contribution in [3.63, 3.8) is 0 Å². The van der Waals surface area contributed by atoms with E-state index in [1.54, 1.807) is 7.11 Å². The predicted octanol–water partition coefficient (Wildman–Crippen LogP) is 2.70. The normalized spacial score (nSPS) is 17.2. The minimum Gasteiger partial charge on any atom is -0.381 e. The number of carbonyl (C=O) groups excluding carboxylic acids is 1. The van der Waals surface area contributed by atoms with Crippen LogP contribution in [0.2, 0.25) is 0 Å². The Bertz CT molecular complexity index is 400. The minimum absolute atomic E-state index is 0.112. The molecule has 1 aliphatic rings. The number of piperidine rings is 1. The quantitative estimate of drug-likeness (QED) is 0.840. The van der Waals surface area contributed by atoms with Gasteiger partial charge in [0.1, 0.15) is 0 Å². The smallest absolute Gasteiger partial charge is 0.253 e. The van der Waals surface area contributed by atoms with E-state index in [9.17, 15) is 4.79 Å². The summed E-state index contributed by atoms with van der Waals surface area (Å²) in [7, 11) is 1.73. The molecule has 17 heavy (non-hydrogen) atoms. The van der Waals surface area contributed by atoms with E-state index in [1.807, 2.05) is 29.2 Å². The number of rotatable bonds is 2. The lowest BCUT2D eigenvalue weighted by Gasteiger charge is -2.31. The average Bonchev–Trinajstić information content (AvgIpc) is 2.38. The zero-order chi connectivity index (χ0) is 12.3. The van der Waals surface area contributed by atoms with Crippen LogP contribution in [0.5, 0.6) is 0 Å². The van der Waals surface area contributed by atoms with Gasteiger partial charge in [-0.25, -0.2) is 0 Å². The molecule has 1 amide bonds. The van der Waals surface area contributed by atoms with Crippen LogP contribution in [0.15, 0.2) is 28.7 Å². The molecule has 2 rings (SSSR count). The molecule has 0 N–H and O–H groups in total. The number of hydrogen-bond donors (Lipinski definition) is 0. The van der Waals surface area contributed by atoms with E-state index in [0.29, 0.717) is 6.10 Å². The van der Waals surface area contributed by atoms with Crippen LogP contribution in [0.4, 0.5) is 0 Å². The SMILES string of the molecule is COC1CCN(C(=O)c2cccc(Br)c2)CC1. The van der Waals surface area contributed by atoms with Gasteiger partial charge in [0, 0.05) is 30.2 Å². The van der Waals surface area contributed by atoms with Crippen molar-refractivity contribution < 1.29 is 9.53 Å². The molecule has 3 nitrogen and oxygen atoms in total. The molecule has 1 heterocycles. The number of halogens is 1. The molecule has 0 atom stereocenters. The number of methoxy groups -OCH3 is 1. The zero-order valence-corrected chi connectivity index (χ0v) is 11.4. The first kappa shape index (κ1) is 12.6. The Morgan fingerprint density at radius 1 is 1.41 bits per heavy atom. The maximum absolute atomic E-state index is 12.2. The third kappa shape index (κ3) is 3.07. The molecule has 0 radical (unpaired) electrons. The minimum atomic E-state index is 0.112. The van der Waals surface area contributed by atoms with Crippen molar-refractivity contribution in [2.24, 2.45) is 0 Å². The van der Waals surface area contributed by atoms with E-state index in [1.165, 1.54) is 0 Å². The van der Waals surface area contributed by atoms with Gasteiger partial charge in [-0.1, -0.05) is 22.0 Å². The Kier molecular flexibility index (Phi) is 4.18. The lowest BCUT2D eigenvalue weighted by Crippen LogP contribution is -2.40. The molecule has 4 heteroatoms. The molecular weight excluding hydrogens is 282 g/mol. The molecule has 0 unspecified atom stereocenters. The van der Waals surface area contributed by atoms with Crippen LogP contribution in [0.1, 0.15) is 23.2 Å². The topological polar surface area (TPSA) is 29.5 Å². The first-order valence-electron chi connectivity index (χ1n) is 5.78. The zero-order valence-electron chi connectivity index (χ0n) is 9.86. The molecule has 1 aliphatic heterocycles. The number of ether oxygens (including phenoxy) is 1. The average molecular weight is 298 g/mol. The Labute approximate surface area is 110 Å². The fraction of sp³-hybridized carbons (Fsp3) is 0.462. The van der Waals surface area contributed by atoms with E-state index < -0.39 is 0 Å². The monoisotopic (exact) mass is 297 g/mol. The van der Waals surface area contributed by atoms with Gasteiger partial charge in [-0.15, -0.1) is 0 Å². The van der Waals surface area contributed by atoms with Crippen molar-refractivity contribution in [1.82, 2.24) is 4.90 Å². The van der Waals surface area contributed by atoms with Gasteiger partial charge in [0.25, 0.3) is 5.91 Å². The maximum Gasteiger partial charge on any atom is 0.253 e. The predicted molar refractivity (Wildman–Crippen MR) is 70.1 cm³/mol. The van der Waals surface area contributed by atoms with E-state index >= 15 is 0 Å². The van der Waals surface area contributed by atoms with Gasteiger partial charge in [-0.3, -0.25) is 4.79 Å². The Morgan fingerprint density at radius 2 is 2.12 bits per heavy atom. The first-order valence-corrected chi connectivity index (χ1v) is 6.57. The van der Waals surface area contributed by atoms with Crippen LogP contribution in [0.25, 0.3) is 0 Å². The number of benzene rings is 1. The highest BCUT2D eigenvalue weighted by atomic mass is 79.9. The second-order valence-electron chi connectivity index (χ2n) is 4.24. The molecule has 1 fully saturated rings. The number of carbonyl (C=O) groups is 1. The lowest BCUT2D eigenvalue weighted by atomic mass is 10.1. The van der Waals surface area contributed by atoms with Crippen LogP contribution in [0, 0.1) is 0 Å². The van der Waals surface area contributed by atoms with E-state index in [4.69, 9.17) is 4.74 Å². The molecule has 0 aromatic heterocycles. The third-order valence-corrected chi connectivity index (χ3v) is 3.63. The van der Waals surface area contributed by atoms with Crippen molar-refractivity contribution in [3.05, 3.63) is 34.3 Å². The van der Waals surface area contributed by atoms with Crippen LogP contribution >= 0.6 is 15.9 Å². The van der Waals surface area contributed by atoms with Gasteiger partial charge in [-0.2, -0.15) is 0 Å². The van der Waals surface area contributed by atoms with Gasteiger partial charge in [-0.05, 0) is 31.0 Å².